The van der Waals surface area contributed by atoms with Gasteiger partial charge in [0.25, 0.3) is 0 Å². The summed E-state index contributed by atoms with van der Waals surface area (Å²) in [4.78, 5) is 12.2. The van der Waals surface area contributed by atoms with Crippen LogP contribution in [-0.2, 0) is 15.2 Å². The van der Waals surface area contributed by atoms with Crippen LogP contribution in [0.2, 0.25) is 0 Å². The third-order valence-corrected chi connectivity index (χ3v) is 6.18. The number of carbonyl (C=O) groups excluding carboxylic acids is 1. The summed E-state index contributed by atoms with van der Waals surface area (Å²) in [6, 6.07) is 6.34. The maximum Gasteiger partial charge on any atom is 0.238 e. The van der Waals surface area contributed by atoms with Crippen LogP contribution in [0.3, 0.4) is 0 Å². The smallest absolute Gasteiger partial charge is 0.238 e. The van der Waals surface area contributed by atoms with E-state index in [0.29, 0.717) is 11.8 Å². The number of halogens is 1. The molecule has 1 aliphatic heterocycles. The summed E-state index contributed by atoms with van der Waals surface area (Å²) in [7, 11) is 1.79. The lowest BCUT2D eigenvalue weighted by Crippen LogP contribution is -2.53. The van der Waals surface area contributed by atoms with Gasteiger partial charge in [-0.15, -0.1) is 0 Å². The van der Waals surface area contributed by atoms with E-state index in [4.69, 9.17) is 4.74 Å². The van der Waals surface area contributed by atoms with Gasteiger partial charge in [-0.1, -0.05) is 22.0 Å². The molecule has 5 unspecified atom stereocenters. The summed E-state index contributed by atoms with van der Waals surface area (Å²) in [5.74, 6) is 0.933. The second-order valence-electron chi connectivity index (χ2n) is 6.78. The zero-order chi connectivity index (χ0) is 15.5. The number of amides is 1. The molecule has 1 spiro atoms. The van der Waals surface area contributed by atoms with Crippen molar-refractivity contribution in [3.8, 4) is 0 Å². The van der Waals surface area contributed by atoms with E-state index in [-0.39, 0.29) is 18.1 Å². The van der Waals surface area contributed by atoms with E-state index in [1.54, 1.807) is 7.11 Å². The van der Waals surface area contributed by atoms with E-state index in [1.165, 1.54) is 11.1 Å². The molecular formula is C17H21BrN2O2. The Morgan fingerprint density at radius 3 is 2.86 bits per heavy atom. The molecule has 0 aromatic heterocycles. The number of rotatable bonds is 1. The van der Waals surface area contributed by atoms with E-state index in [9.17, 15) is 4.79 Å². The summed E-state index contributed by atoms with van der Waals surface area (Å²) in [5.41, 5.74) is 2.17. The average Bonchev–Trinajstić information content (AvgIpc) is 2.95. The minimum atomic E-state index is -0.433. The van der Waals surface area contributed by atoms with Crippen molar-refractivity contribution in [2.45, 2.75) is 49.9 Å². The lowest BCUT2D eigenvalue weighted by Gasteiger charge is -2.40. The first-order valence-corrected chi connectivity index (χ1v) is 8.77. The molecule has 22 heavy (non-hydrogen) atoms. The Kier molecular flexibility index (Phi) is 3.36. The van der Waals surface area contributed by atoms with Gasteiger partial charge in [0.05, 0.1) is 12.1 Å². The number of benzene rings is 1. The van der Waals surface area contributed by atoms with Gasteiger partial charge in [0.2, 0.25) is 5.91 Å². The molecule has 2 N–H and O–H groups in total. The predicted octanol–water partition coefficient (Wildman–Crippen LogP) is 2.62. The van der Waals surface area contributed by atoms with E-state index in [0.717, 1.165) is 23.7 Å². The van der Waals surface area contributed by atoms with Crippen LogP contribution < -0.4 is 10.6 Å². The SMILES string of the molecule is COC1CCC2c3ccc(Br)cc3C3(NC(=O)C(C)N3)C2C1. The van der Waals surface area contributed by atoms with Crippen molar-refractivity contribution in [3.63, 3.8) is 0 Å². The van der Waals surface area contributed by atoms with Gasteiger partial charge in [0.1, 0.15) is 5.66 Å². The van der Waals surface area contributed by atoms with E-state index in [2.05, 4.69) is 44.8 Å². The van der Waals surface area contributed by atoms with Crippen LogP contribution in [0.25, 0.3) is 0 Å². The summed E-state index contributed by atoms with van der Waals surface area (Å²) >= 11 is 3.59. The largest absolute Gasteiger partial charge is 0.381 e. The van der Waals surface area contributed by atoms with Gasteiger partial charge >= 0.3 is 0 Å². The number of methoxy groups -OCH3 is 1. The van der Waals surface area contributed by atoms with Gasteiger partial charge in [0, 0.05) is 17.5 Å². The van der Waals surface area contributed by atoms with Crippen molar-refractivity contribution >= 4 is 21.8 Å². The molecule has 1 saturated heterocycles. The fourth-order valence-corrected chi connectivity index (χ4v) is 5.04. The van der Waals surface area contributed by atoms with E-state index in [1.807, 2.05) is 6.92 Å². The lowest BCUT2D eigenvalue weighted by atomic mass is 9.75. The molecule has 1 amide bonds. The Morgan fingerprint density at radius 2 is 2.18 bits per heavy atom. The van der Waals surface area contributed by atoms with Crippen molar-refractivity contribution in [1.29, 1.82) is 0 Å². The highest BCUT2D eigenvalue weighted by Crippen LogP contribution is 2.56. The highest BCUT2D eigenvalue weighted by molar-refractivity contribution is 9.10. The molecule has 4 nitrogen and oxygen atoms in total. The highest BCUT2D eigenvalue weighted by atomic mass is 79.9. The Morgan fingerprint density at radius 1 is 1.36 bits per heavy atom. The number of carbonyl (C=O) groups is 1. The molecule has 1 aromatic carbocycles. The van der Waals surface area contributed by atoms with Crippen LogP contribution in [0.1, 0.15) is 43.2 Å². The third kappa shape index (κ3) is 1.92. The maximum atomic E-state index is 12.2. The quantitative estimate of drug-likeness (QED) is 0.805. The Hall–Kier alpha value is -0.910. The Balaban J connectivity index is 1.84. The number of nitrogens with one attached hydrogen (secondary N) is 2. The fourth-order valence-electron chi connectivity index (χ4n) is 4.68. The minimum Gasteiger partial charge on any atom is -0.381 e. The van der Waals surface area contributed by atoms with Crippen LogP contribution in [0.5, 0.6) is 0 Å². The summed E-state index contributed by atoms with van der Waals surface area (Å²) in [5, 5.41) is 6.85. The molecule has 1 saturated carbocycles. The average molecular weight is 365 g/mol. The molecule has 5 heteroatoms. The van der Waals surface area contributed by atoms with Crippen molar-refractivity contribution in [2.24, 2.45) is 5.92 Å². The molecule has 2 aliphatic carbocycles. The highest BCUT2D eigenvalue weighted by Gasteiger charge is 2.58. The fraction of sp³-hybridized carbons (Fsp3) is 0.588. The molecule has 1 heterocycles. The van der Waals surface area contributed by atoms with E-state index < -0.39 is 5.66 Å². The number of fused-ring (bicyclic) bond motifs is 5. The van der Waals surface area contributed by atoms with Gasteiger partial charge in [-0.05, 0) is 55.4 Å². The van der Waals surface area contributed by atoms with E-state index >= 15 is 0 Å². The standard InChI is InChI=1S/C17H21BrN2O2/c1-9-16(21)20-17(19-9)14-7-10(18)3-5-12(14)13-6-4-11(22-2)8-15(13)17/h3,5,7,9,11,13,15,19H,4,6,8H2,1-2H3,(H,20,21). The van der Waals surface area contributed by atoms with Crippen molar-refractivity contribution in [1.82, 2.24) is 10.6 Å². The van der Waals surface area contributed by atoms with Gasteiger partial charge < -0.3 is 10.1 Å². The second-order valence-corrected chi connectivity index (χ2v) is 7.69. The first kappa shape index (κ1) is 14.7. The number of ether oxygens (including phenoxy) is 1. The second kappa shape index (κ2) is 5.05. The molecule has 2 fully saturated rings. The van der Waals surface area contributed by atoms with Gasteiger partial charge in [-0.25, -0.2) is 0 Å². The van der Waals surface area contributed by atoms with Crippen molar-refractivity contribution in [2.75, 3.05) is 7.11 Å². The monoisotopic (exact) mass is 364 g/mol. The van der Waals surface area contributed by atoms with Crippen molar-refractivity contribution < 1.29 is 9.53 Å². The maximum absolute atomic E-state index is 12.2. The minimum absolute atomic E-state index is 0.0890. The molecule has 0 bridgehead atoms. The normalized spacial score (nSPS) is 39.7. The first-order valence-electron chi connectivity index (χ1n) is 7.97. The molecular weight excluding hydrogens is 344 g/mol. The Labute approximate surface area is 139 Å². The van der Waals surface area contributed by atoms with Crippen LogP contribution in [-0.4, -0.2) is 25.2 Å². The zero-order valence-corrected chi connectivity index (χ0v) is 14.4. The van der Waals surface area contributed by atoms with Crippen LogP contribution >= 0.6 is 15.9 Å². The molecule has 5 atom stereocenters. The summed E-state index contributed by atoms with van der Waals surface area (Å²) in [6.07, 6.45) is 3.47. The van der Waals surface area contributed by atoms with Gasteiger partial charge in [-0.2, -0.15) is 0 Å². The molecule has 1 aromatic rings. The molecule has 118 valence electrons. The topological polar surface area (TPSA) is 50.4 Å². The van der Waals surface area contributed by atoms with Crippen LogP contribution in [0, 0.1) is 5.92 Å². The van der Waals surface area contributed by atoms with Gasteiger partial charge in [-0.3, -0.25) is 10.1 Å². The van der Waals surface area contributed by atoms with Crippen molar-refractivity contribution in [3.05, 3.63) is 33.8 Å². The van der Waals surface area contributed by atoms with Crippen LogP contribution in [0.15, 0.2) is 22.7 Å². The van der Waals surface area contributed by atoms with Crippen LogP contribution in [0.4, 0.5) is 0 Å². The first-order chi connectivity index (χ1) is 10.5. The summed E-state index contributed by atoms with van der Waals surface area (Å²) < 4.78 is 6.69. The lowest BCUT2D eigenvalue weighted by molar-refractivity contribution is -0.121. The molecule has 4 rings (SSSR count). The van der Waals surface area contributed by atoms with Gasteiger partial charge in [0.15, 0.2) is 0 Å². The Bertz CT molecular complexity index is 635. The predicted molar refractivity (Wildman–Crippen MR) is 87.4 cm³/mol. The molecule has 3 aliphatic rings. The summed E-state index contributed by atoms with van der Waals surface area (Å²) in [6.45, 7) is 1.94. The number of hydrogen-bond donors (Lipinski definition) is 2. The third-order valence-electron chi connectivity index (χ3n) is 5.69. The zero-order valence-electron chi connectivity index (χ0n) is 12.9. The molecule has 0 radical (unpaired) electrons. The number of hydrogen-bond acceptors (Lipinski definition) is 3.